The minimum absolute atomic E-state index is 0.0146. The van der Waals surface area contributed by atoms with E-state index < -0.39 is 28.2 Å². The van der Waals surface area contributed by atoms with Gasteiger partial charge in [0.15, 0.2) is 5.03 Å². The molecular formula is C29H38N6O7S. The predicted octanol–water partition coefficient (Wildman–Crippen LogP) is 2.54. The molecule has 1 aliphatic heterocycles. The lowest BCUT2D eigenvalue weighted by Gasteiger charge is -2.33. The molecule has 0 saturated heterocycles. The molecule has 0 saturated carbocycles. The summed E-state index contributed by atoms with van der Waals surface area (Å²) in [4.78, 5) is 31.7. The van der Waals surface area contributed by atoms with Crippen molar-refractivity contribution in [2.75, 3.05) is 44.5 Å². The Morgan fingerprint density at radius 3 is 2.51 bits per heavy atom. The molecule has 4 rings (SSSR count). The van der Waals surface area contributed by atoms with E-state index in [1.165, 1.54) is 23.9 Å². The highest BCUT2D eigenvalue weighted by Crippen LogP contribution is 2.30. The number of aryl methyl sites for hydroxylation is 1. The first kappa shape index (κ1) is 31.8. The topological polar surface area (TPSA) is 155 Å². The molecule has 0 bridgehead atoms. The Morgan fingerprint density at radius 2 is 1.88 bits per heavy atom. The minimum Gasteiger partial charge on any atom is -0.497 e. The van der Waals surface area contributed by atoms with Gasteiger partial charge in [0.1, 0.15) is 17.6 Å². The Bertz CT molecular complexity index is 1540. The molecule has 0 radical (unpaired) electrons. The number of hydrogen-bond donors (Lipinski definition) is 3. The van der Waals surface area contributed by atoms with Crippen molar-refractivity contribution < 1.29 is 32.6 Å². The lowest BCUT2D eigenvalue weighted by molar-refractivity contribution is -0.134. The van der Waals surface area contributed by atoms with Crippen molar-refractivity contribution in [3.05, 3.63) is 60.6 Å². The van der Waals surface area contributed by atoms with Gasteiger partial charge < -0.3 is 34.7 Å². The highest BCUT2D eigenvalue weighted by atomic mass is 32.2. The van der Waals surface area contributed by atoms with Gasteiger partial charge in [0.2, 0.25) is 5.91 Å². The van der Waals surface area contributed by atoms with E-state index in [1.807, 2.05) is 6.92 Å². The molecule has 0 spiro atoms. The summed E-state index contributed by atoms with van der Waals surface area (Å²) in [5.41, 5.74) is 1.51. The van der Waals surface area contributed by atoms with Gasteiger partial charge in [0.05, 0.1) is 39.1 Å². The molecule has 0 aliphatic carbocycles. The number of aromatic nitrogens is 2. The number of ether oxygens (including phenoxy) is 2. The number of amides is 3. The maximum absolute atomic E-state index is 13.5. The molecule has 13 nitrogen and oxygen atoms in total. The smallest absolute Gasteiger partial charge is 0.323 e. The third-order valence-corrected chi connectivity index (χ3v) is 9.02. The van der Waals surface area contributed by atoms with Crippen molar-refractivity contribution in [1.29, 1.82) is 0 Å². The number of methoxy groups -OCH3 is 1. The van der Waals surface area contributed by atoms with Crippen LogP contribution in [0.25, 0.3) is 0 Å². The van der Waals surface area contributed by atoms with Crippen LogP contribution >= 0.6 is 0 Å². The van der Waals surface area contributed by atoms with E-state index in [2.05, 4.69) is 15.6 Å². The summed E-state index contributed by atoms with van der Waals surface area (Å²) >= 11 is 0. The third kappa shape index (κ3) is 7.63. The van der Waals surface area contributed by atoms with Crippen molar-refractivity contribution in [2.45, 2.75) is 37.4 Å². The summed E-state index contributed by atoms with van der Waals surface area (Å²) in [6, 6.07) is 10.9. The maximum Gasteiger partial charge on any atom is 0.323 e. The SMILES string of the molecule is COc1ccc(NC(=O)Nc2ccc3c(c2)CC(=O)N([C@H](C)CO)C[C@H](C)[C@@H](CN(C)S(=O)(=O)c2cn(C)cn2)O3)cc1. The summed E-state index contributed by atoms with van der Waals surface area (Å²) in [7, 11) is 0.798. The number of anilines is 2. The normalized spacial score (nSPS) is 18.1. The fraction of sp³-hybridized carbons (Fsp3) is 0.414. The molecule has 3 N–H and O–H groups in total. The second-order valence-electron chi connectivity index (χ2n) is 10.7. The maximum atomic E-state index is 13.5. The van der Waals surface area contributed by atoms with E-state index >= 15 is 0 Å². The van der Waals surface area contributed by atoms with Gasteiger partial charge in [-0.05, 0) is 49.4 Å². The van der Waals surface area contributed by atoms with Gasteiger partial charge in [-0.3, -0.25) is 4.79 Å². The Labute approximate surface area is 251 Å². The number of nitrogens with zero attached hydrogens (tertiary/aromatic N) is 4. The van der Waals surface area contributed by atoms with Gasteiger partial charge in [-0.1, -0.05) is 6.92 Å². The number of aliphatic hydroxyl groups is 1. The number of carbonyl (C=O) groups is 2. The number of nitrogens with one attached hydrogen (secondary N) is 2. The number of aliphatic hydroxyl groups excluding tert-OH is 1. The first-order valence-electron chi connectivity index (χ1n) is 13.8. The molecule has 3 aromatic rings. The van der Waals surface area contributed by atoms with Crippen LogP contribution in [-0.4, -0.2) is 90.2 Å². The number of benzene rings is 2. The number of rotatable bonds is 9. The number of imidazole rings is 1. The predicted molar refractivity (Wildman–Crippen MR) is 161 cm³/mol. The van der Waals surface area contributed by atoms with Crippen LogP contribution in [0.5, 0.6) is 11.5 Å². The van der Waals surface area contributed by atoms with E-state index in [9.17, 15) is 23.1 Å². The monoisotopic (exact) mass is 614 g/mol. The van der Waals surface area contributed by atoms with Crippen molar-refractivity contribution >= 4 is 33.3 Å². The fourth-order valence-electron chi connectivity index (χ4n) is 4.73. The van der Waals surface area contributed by atoms with Crippen molar-refractivity contribution in [3.63, 3.8) is 0 Å². The minimum atomic E-state index is -3.90. The summed E-state index contributed by atoms with van der Waals surface area (Å²) < 4.78 is 40.7. The molecule has 3 atom stereocenters. The number of carbonyl (C=O) groups excluding carboxylic acids is 2. The van der Waals surface area contributed by atoms with Gasteiger partial charge in [0.25, 0.3) is 10.0 Å². The van der Waals surface area contributed by atoms with Gasteiger partial charge >= 0.3 is 6.03 Å². The Hall–Kier alpha value is -4.14. The number of likely N-dealkylation sites (N-methyl/N-ethyl adjacent to an activating group) is 1. The van der Waals surface area contributed by atoms with Crippen LogP contribution in [-0.2, 0) is 28.3 Å². The van der Waals surface area contributed by atoms with Crippen molar-refractivity contribution in [1.82, 2.24) is 18.8 Å². The molecule has 0 fully saturated rings. The zero-order valence-electron chi connectivity index (χ0n) is 24.9. The summed E-state index contributed by atoms with van der Waals surface area (Å²) in [6.07, 6.45) is 2.14. The van der Waals surface area contributed by atoms with E-state index in [4.69, 9.17) is 9.47 Å². The lowest BCUT2D eigenvalue weighted by Crippen LogP contribution is -2.48. The van der Waals surface area contributed by atoms with Gasteiger partial charge in [0, 0.05) is 49.7 Å². The molecule has 0 unspecified atom stereocenters. The third-order valence-electron chi connectivity index (χ3n) is 7.32. The number of fused-ring (bicyclic) bond motifs is 1. The molecule has 14 heteroatoms. The zero-order chi connectivity index (χ0) is 31.3. The molecule has 43 heavy (non-hydrogen) atoms. The van der Waals surface area contributed by atoms with E-state index in [-0.39, 0.29) is 43.0 Å². The molecule has 1 aromatic heterocycles. The Balaban J connectivity index is 1.59. The number of hydrogen-bond acceptors (Lipinski definition) is 8. The Morgan fingerprint density at radius 1 is 1.21 bits per heavy atom. The van der Waals surface area contributed by atoms with Crippen LogP contribution in [0.3, 0.4) is 0 Å². The molecule has 2 heterocycles. The van der Waals surface area contributed by atoms with Gasteiger partial charge in [-0.2, -0.15) is 4.31 Å². The van der Waals surface area contributed by atoms with Crippen LogP contribution in [0.4, 0.5) is 16.2 Å². The Kier molecular flexibility index (Phi) is 9.94. The summed E-state index contributed by atoms with van der Waals surface area (Å²) in [6.45, 7) is 3.61. The van der Waals surface area contributed by atoms with Crippen LogP contribution in [0, 0.1) is 5.92 Å². The molecular weight excluding hydrogens is 576 g/mol. The first-order chi connectivity index (χ1) is 20.4. The summed E-state index contributed by atoms with van der Waals surface area (Å²) in [5, 5.41) is 15.3. The van der Waals surface area contributed by atoms with Crippen molar-refractivity contribution in [2.24, 2.45) is 13.0 Å². The molecule has 2 aromatic carbocycles. The second-order valence-corrected chi connectivity index (χ2v) is 12.7. The van der Waals surface area contributed by atoms with Gasteiger partial charge in [-0.15, -0.1) is 0 Å². The average molecular weight is 615 g/mol. The lowest BCUT2D eigenvalue weighted by atomic mass is 10.0. The highest BCUT2D eigenvalue weighted by molar-refractivity contribution is 7.89. The van der Waals surface area contributed by atoms with Gasteiger partial charge in [-0.25, -0.2) is 18.2 Å². The van der Waals surface area contributed by atoms with Crippen LogP contribution in [0.1, 0.15) is 19.4 Å². The zero-order valence-corrected chi connectivity index (χ0v) is 25.7. The standard InChI is InChI=1S/C29H38N6O7S/c1-19-14-35(20(2)17-36)28(37)13-21-12-23(32-29(38)31-22-6-9-24(41-5)10-7-22)8-11-25(21)42-26(19)15-34(4)43(39,40)27-16-33(3)18-30-27/h6-12,16,18-20,26,36H,13-15,17H2,1-5H3,(H2,31,32,38)/t19-,20+,26+/m0/s1. The van der Waals surface area contributed by atoms with Crippen LogP contribution < -0.4 is 20.1 Å². The van der Waals surface area contributed by atoms with E-state index in [0.717, 1.165) is 0 Å². The fourth-order valence-corrected chi connectivity index (χ4v) is 5.87. The average Bonchev–Trinajstić information content (AvgIpc) is 3.44. The van der Waals surface area contributed by atoms with E-state index in [1.54, 1.807) is 73.0 Å². The number of urea groups is 1. The molecule has 232 valence electrons. The van der Waals surface area contributed by atoms with E-state index in [0.29, 0.717) is 28.4 Å². The molecule has 3 amide bonds. The van der Waals surface area contributed by atoms with Crippen LogP contribution in [0.2, 0.25) is 0 Å². The quantitative estimate of drug-likeness (QED) is 0.332. The second kappa shape index (κ2) is 13.4. The summed E-state index contributed by atoms with van der Waals surface area (Å²) in [5.74, 6) is 0.519. The largest absolute Gasteiger partial charge is 0.497 e. The highest BCUT2D eigenvalue weighted by Gasteiger charge is 2.34. The number of sulfonamides is 1. The first-order valence-corrected chi connectivity index (χ1v) is 15.2. The molecule has 1 aliphatic rings. The van der Waals surface area contributed by atoms with Crippen molar-refractivity contribution in [3.8, 4) is 11.5 Å². The van der Waals surface area contributed by atoms with Crippen LogP contribution in [0.15, 0.2) is 60.0 Å².